The van der Waals surface area contributed by atoms with E-state index in [9.17, 15) is 9.59 Å². The van der Waals surface area contributed by atoms with Gasteiger partial charge in [0, 0.05) is 13.1 Å². The molecule has 104 valence electrons. The second kappa shape index (κ2) is 8.69. The number of hydrogen-bond donors (Lipinski definition) is 1. The van der Waals surface area contributed by atoms with E-state index in [1.807, 2.05) is 20.8 Å². The van der Waals surface area contributed by atoms with E-state index in [-0.39, 0.29) is 18.4 Å². The Balaban J connectivity index is 4.21. The maximum atomic E-state index is 11.8. The van der Waals surface area contributed by atoms with Crippen molar-refractivity contribution >= 4 is 11.9 Å². The Morgan fingerprint density at radius 1 is 1.44 bits per heavy atom. The first-order valence-electron chi connectivity index (χ1n) is 6.24. The summed E-state index contributed by atoms with van der Waals surface area (Å²) in [5.74, 6) is -0.762. The highest BCUT2D eigenvalue weighted by Crippen LogP contribution is 2.01. The molecule has 2 N–H and O–H groups in total. The van der Waals surface area contributed by atoms with E-state index in [0.717, 1.165) is 6.42 Å². The lowest BCUT2D eigenvalue weighted by molar-refractivity contribution is -0.153. The molecule has 0 fully saturated rings. The molecule has 0 aromatic carbocycles. The average molecular weight is 256 g/mol. The minimum Gasteiger partial charge on any atom is -0.454 e. The van der Waals surface area contributed by atoms with Crippen molar-refractivity contribution in [2.24, 2.45) is 11.7 Å². The van der Waals surface area contributed by atoms with Gasteiger partial charge < -0.3 is 15.4 Å². The molecule has 0 spiro atoms. The summed E-state index contributed by atoms with van der Waals surface area (Å²) < 4.78 is 4.91. The van der Waals surface area contributed by atoms with Crippen molar-refractivity contribution in [2.45, 2.75) is 33.2 Å². The van der Waals surface area contributed by atoms with Gasteiger partial charge in [0.2, 0.25) is 0 Å². The van der Waals surface area contributed by atoms with Crippen LogP contribution in [0.4, 0.5) is 0 Å². The monoisotopic (exact) mass is 256 g/mol. The van der Waals surface area contributed by atoms with Crippen molar-refractivity contribution in [1.82, 2.24) is 4.90 Å². The zero-order chi connectivity index (χ0) is 14.1. The summed E-state index contributed by atoms with van der Waals surface area (Å²) in [6, 6.07) is -0.683. The summed E-state index contributed by atoms with van der Waals surface area (Å²) in [4.78, 5) is 24.9. The van der Waals surface area contributed by atoms with Gasteiger partial charge in [0.25, 0.3) is 5.91 Å². The number of esters is 1. The summed E-state index contributed by atoms with van der Waals surface area (Å²) in [5.41, 5.74) is 5.62. The van der Waals surface area contributed by atoms with Crippen molar-refractivity contribution in [3.05, 3.63) is 12.7 Å². The zero-order valence-electron chi connectivity index (χ0n) is 11.5. The summed E-state index contributed by atoms with van der Waals surface area (Å²) in [6.07, 6.45) is 2.49. The topological polar surface area (TPSA) is 72.6 Å². The molecule has 0 aliphatic carbocycles. The van der Waals surface area contributed by atoms with Crippen LogP contribution in [0, 0.1) is 5.92 Å². The first-order valence-corrected chi connectivity index (χ1v) is 6.24. The molecule has 0 radical (unpaired) electrons. The Bertz CT molecular complexity index is 290. The number of amides is 1. The third kappa shape index (κ3) is 5.82. The highest BCUT2D eigenvalue weighted by atomic mass is 16.5. The van der Waals surface area contributed by atoms with Crippen LogP contribution in [0.25, 0.3) is 0 Å². The molecule has 0 rings (SSSR count). The first-order chi connectivity index (χ1) is 8.43. The molecule has 0 saturated carbocycles. The average Bonchev–Trinajstić information content (AvgIpc) is 2.34. The summed E-state index contributed by atoms with van der Waals surface area (Å²) in [6.45, 7) is 10.0. The number of ether oxygens (including phenoxy) is 1. The SMILES string of the molecule is C=CCN(CCC)C(=O)COC(=O)C(N)C(C)C. The van der Waals surface area contributed by atoms with Crippen LogP contribution in [0.2, 0.25) is 0 Å². The van der Waals surface area contributed by atoms with Gasteiger partial charge in [-0.25, -0.2) is 0 Å². The van der Waals surface area contributed by atoms with Crippen molar-refractivity contribution in [3.63, 3.8) is 0 Å². The number of nitrogens with two attached hydrogens (primary N) is 1. The molecule has 5 nitrogen and oxygen atoms in total. The Morgan fingerprint density at radius 2 is 2.06 bits per heavy atom. The van der Waals surface area contributed by atoms with Gasteiger partial charge in [-0.1, -0.05) is 26.8 Å². The van der Waals surface area contributed by atoms with Crippen molar-refractivity contribution in [2.75, 3.05) is 19.7 Å². The minimum atomic E-state index is -0.683. The van der Waals surface area contributed by atoms with Gasteiger partial charge in [0.15, 0.2) is 6.61 Å². The van der Waals surface area contributed by atoms with Crippen LogP contribution < -0.4 is 5.73 Å². The van der Waals surface area contributed by atoms with E-state index in [2.05, 4.69) is 6.58 Å². The maximum absolute atomic E-state index is 11.8. The molecular formula is C13H24N2O3. The smallest absolute Gasteiger partial charge is 0.323 e. The van der Waals surface area contributed by atoms with Crippen LogP contribution in [0.3, 0.4) is 0 Å². The highest BCUT2D eigenvalue weighted by molar-refractivity contribution is 5.82. The van der Waals surface area contributed by atoms with Crippen LogP contribution in [0.15, 0.2) is 12.7 Å². The van der Waals surface area contributed by atoms with Gasteiger partial charge in [-0.15, -0.1) is 6.58 Å². The fraction of sp³-hybridized carbons (Fsp3) is 0.692. The predicted octanol–water partition coefficient (Wildman–Crippen LogP) is 0.937. The number of nitrogens with zero attached hydrogens (tertiary/aromatic N) is 1. The molecule has 18 heavy (non-hydrogen) atoms. The van der Waals surface area contributed by atoms with Gasteiger partial charge in [0.1, 0.15) is 6.04 Å². The third-order valence-electron chi connectivity index (χ3n) is 2.52. The van der Waals surface area contributed by atoms with Crippen LogP contribution in [-0.2, 0) is 14.3 Å². The van der Waals surface area contributed by atoms with E-state index in [1.54, 1.807) is 11.0 Å². The lowest BCUT2D eigenvalue weighted by Crippen LogP contribution is -2.40. The van der Waals surface area contributed by atoms with Crippen molar-refractivity contribution < 1.29 is 14.3 Å². The largest absolute Gasteiger partial charge is 0.454 e. The predicted molar refractivity (Wildman–Crippen MR) is 70.8 cm³/mol. The Labute approximate surface area is 109 Å². The number of hydrogen-bond acceptors (Lipinski definition) is 4. The van der Waals surface area contributed by atoms with E-state index >= 15 is 0 Å². The molecule has 0 aromatic heterocycles. The summed E-state index contributed by atoms with van der Waals surface area (Å²) >= 11 is 0. The molecule has 0 aliphatic rings. The molecule has 0 aliphatic heterocycles. The number of carbonyl (C=O) groups excluding carboxylic acids is 2. The third-order valence-corrected chi connectivity index (χ3v) is 2.52. The van der Waals surface area contributed by atoms with Crippen LogP contribution in [-0.4, -0.2) is 42.5 Å². The molecule has 5 heteroatoms. The lowest BCUT2D eigenvalue weighted by Gasteiger charge is -2.21. The number of carbonyl (C=O) groups is 2. The van der Waals surface area contributed by atoms with Gasteiger partial charge >= 0.3 is 5.97 Å². The van der Waals surface area contributed by atoms with E-state index in [1.165, 1.54) is 0 Å². The molecule has 1 atom stereocenters. The fourth-order valence-electron chi connectivity index (χ4n) is 1.34. The maximum Gasteiger partial charge on any atom is 0.323 e. The van der Waals surface area contributed by atoms with Crippen LogP contribution in [0.1, 0.15) is 27.2 Å². The van der Waals surface area contributed by atoms with E-state index in [0.29, 0.717) is 13.1 Å². The lowest BCUT2D eigenvalue weighted by atomic mass is 10.1. The zero-order valence-corrected chi connectivity index (χ0v) is 11.5. The fourth-order valence-corrected chi connectivity index (χ4v) is 1.34. The quantitative estimate of drug-likeness (QED) is 0.518. The van der Waals surface area contributed by atoms with Crippen molar-refractivity contribution in [1.29, 1.82) is 0 Å². The Hall–Kier alpha value is -1.36. The van der Waals surface area contributed by atoms with Crippen LogP contribution in [0.5, 0.6) is 0 Å². The van der Waals surface area contributed by atoms with Crippen molar-refractivity contribution in [3.8, 4) is 0 Å². The van der Waals surface area contributed by atoms with Gasteiger partial charge in [-0.3, -0.25) is 9.59 Å². The molecular weight excluding hydrogens is 232 g/mol. The molecule has 0 bridgehead atoms. The summed E-state index contributed by atoms with van der Waals surface area (Å²) in [7, 11) is 0. The van der Waals surface area contributed by atoms with Crippen LogP contribution >= 0.6 is 0 Å². The normalized spacial score (nSPS) is 12.1. The van der Waals surface area contributed by atoms with Gasteiger partial charge in [0.05, 0.1) is 0 Å². The molecule has 0 heterocycles. The summed E-state index contributed by atoms with van der Waals surface area (Å²) in [5, 5.41) is 0. The Kier molecular flexibility index (Phi) is 8.03. The van der Waals surface area contributed by atoms with Gasteiger partial charge in [-0.2, -0.15) is 0 Å². The number of rotatable bonds is 8. The first kappa shape index (κ1) is 16.6. The molecule has 1 unspecified atom stereocenters. The highest BCUT2D eigenvalue weighted by Gasteiger charge is 2.21. The molecule has 0 saturated heterocycles. The van der Waals surface area contributed by atoms with Gasteiger partial charge in [-0.05, 0) is 12.3 Å². The minimum absolute atomic E-state index is 0.00692. The molecule has 0 aromatic rings. The molecule has 1 amide bonds. The van der Waals surface area contributed by atoms with E-state index < -0.39 is 12.0 Å². The standard InChI is InChI=1S/C13H24N2O3/c1-5-7-15(8-6-2)11(16)9-18-13(17)12(14)10(3)4/h5,10,12H,1,6-9,14H2,2-4H3. The second-order valence-corrected chi connectivity index (χ2v) is 4.51. The van der Waals surface area contributed by atoms with E-state index in [4.69, 9.17) is 10.5 Å². The Morgan fingerprint density at radius 3 is 2.50 bits per heavy atom. The second-order valence-electron chi connectivity index (χ2n) is 4.51.